The molecule has 2 atom stereocenters. The van der Waals surface area contributed by atoms with E-state index in [-0.39, 0.29) is 40.1 Å². The highest BCUT2D eigenvalue weighted by molar-refractivity contribution is 6.43. The first-order valence-electron chi connectivity index (χ1n) is 10.9. The number of nitrogens with zero attached hydrogens (tertiary/aromatic N) is 3. The van der Waals surface area contributed by atoms with Crippen molar-refractivity contribution in [2.75, 3.05) is 31.7 Å². The molecule has 2 aromatic rings. The van der Waals surface area contributed by atoms with Gasteiger partial charge in [-0.25, -0.2) is 4.98 Å². The van der Waals surface area contributed by atoms with Crippen molar-refractivity contribution in [3.63, 3.8) is 0 Å². The van der Waals surface area contributed by atoms with Gasteiger partial charge in [-0.05, 0) is 38.8 Å². The number of anilines is 1. The Kier molecular flexibility index (Phi) is 6.73. The zero-order valence-corrected chi connectivity index (χ0v) is 20.4. The largest absolute Gasteiger partial charge is 0.469 e. The van der Waals surface area contributed by atoms with Crippen molar-refractivity contribution in [3.05, 3.63) is 50.0 Å². The number of rotatable bonds is 4. The summed E-state index contributed by atoms with van der Waals surface area (Å²) in [5.41, 5.74) is 6.68. The second-order valence-electron chi connectivity index (χ2n) is 8.82. The molecule has 2 N–H and O–H groups in total. The maximum absolute atomic E-state index is 13.7. The van der Waals surface area contributed by atoms with Crippen molar-refractivity contribution in [2.24, 2.45) is 11.1 Å². The molecule has 3 heterocycles. The Bertz CT molecular complexity index is 1130. The third-order valence-electron chi connectivity index (χ3n) is 6.95. The van der Waals surface area contributed by atoms with Crippen molar-refractivity contribution in [1.82, 2.24) is 9.55 Å². The lowest BCUT2D eigenvalue weighted by molar-refractivity contribution is -0.139. The topological polar surface area (TPSA) is 99.7 Å². The molecule has 178 valence electrons. The van der Waals surface area contributed by atoms with Gasteiger partial charge in [0, 0.05) is 24.5 Å². The Morgan fingerprint density at radius 3 is 2.64 bits per heavy atom. The number of hydrogen-bond acceptors (Lipinski definition) is 7. The number of methoxy groups -OCH3 is 1. The molecule has 33 heavy (non-hydrogen) atoms. The lowest BCUT2D eigenvalue weighted by atomic mass is 9.73. The second kappa shape index (κ2) is 9.25. The molecular formula is C23H28Cl2N4O4. The Labute approximate surface area is 202 Å². The van der Waals surface area contributed by atoms with Gasteiger partial charge in [-0.15, -0.1) is 0 Å². The molecule has 2 aliphatic heterocycles. The fourth-order valence-corrected chi connectivity index (χ4v) is 5.25. The van der Waals surface area contributed by atoms with Gasteiger partial charge in [-0.1, -0.05) is 29.3 Å². The molecule has 10 heteroatoms. The normalized spacial score (nSPS) is 22.1. The molecule has 0 radical (unpaired) electrons. The number of piperidine rings is 1. The molecule has 2 fully saturated rings. The predicted molar refractivity (Wildman–Crippen MR) is 128 cm³/mol. The summed E-state index contributed by atoms with van der Waals surface area (Å²) in [5.74, 6) is 0.423. The van der Waals surface area contributed by atoms with Gasteiger partial charge in [-0.2, -0.15) is 0 Å². The predicted octanol–water partition coefficient (Wildman–Crippen LogP) is 2.90. The molecule has 2 aliphatic rings. The summed E-state index contributed by atoms with van der Waals surface area (Å²) in [7, 11) is 1.29. The number of carbonyl (C=O) groups excluding carboxylic acids is 1. The van der Waals surface area contributed by atoms with E-state index < -0.39 is 5.97 Å². The summed E-state index contributed by atoms with van der Waals surface area (Å²) >= 11 is 12.6. The van der Waals surface area contributed by atoms with E-state index in [0.717, 1.165) is 12.8 Å². The molecule has 0 saturated carbocycles. The van der Waals surface area contributed by atoms with Crippen LogP contribution < -0.4 is 16.2 Å². The van der Waals surface area contributed by atoms with Crippen LogP contribution in [0, 0.1) is 12.3 Å². The maximum atomic E-state index is 13.7. The van der Waals surface area contributed by atoms with E-state index in [9.17, 15) is 9.59 Å². The summed E-state index contributed by atoms with van der Waals surface area (Å²) in [4.78, 5) is 32.7. The number of hydrogen-bond donors (Lipinski definition) is 1. The molecule has 2 saturated heterocycles. The molecule has 0 bridgehead atoms. The van der Waals surface area contributed by atoms with Gasteiger partial charge < -0.3 is 20.1 Å². The molecule has 1 aromatic heterocycles. The van der Waals surface area contributed by atoms with Crippen LogP contribution in [-0.4, -0.2) is 54.5 Å². The van der Waals surface area contributed by atoms with E-state index in [2.05, 4.69) is 4.90 Å². The first-order valence-corrected chi connectivity index (χ1v) is 11.7. The highest BCUT2D eigenvalue weighted by Gasteiger charge is 2.48. The molecule has 8 nitrogen and oxygen atoms in total. The van der Waals surface area contributed by atoms with Crippen LogP contribution in [-0.2, 0) is 20.7 Å². The van der Waals surface area contributed by atoms with Gasteiger partial charge in [0.2, 0.25) is 0 Å². The number of nitrogens with two attached hydrogens (primary N) is 1. The van der Waals surface area contributed by atoms with Crippen molar-refractivity contribution < 1.29 is 14.3 Å². The smallest absolute Gasteiger partial charge is 0.310 e. The molecule has 4 rings (SSSR count). The quantitative estimate of drug-likeness (QED) is 0.652. The highest BCUT2D eigenvalue weighted by atomic mass is 35.5. The van der Waals surface area contributed by atoms with Crippen LogP contribution in [0.5, 0.6) is 0 Å². The first-order chi connectivity index (χ1) is 15.7. The highest BCUT2D eigenvalue weighted by Crippen LogP contribution is 2.42. The van der Waals surface area contributed by atoms with Gasteiger partial charge in [0.25, 0.3) is 5.56 Å². The average Bonchev–Trinajstić information content (AvgIpc) is 3.07. The fraction of sp³-hybridized carbons (Fsp3) is 0.522. The van der Waals surface area contributed by atoms with E-state index >= 15 is 0 Å². The standard InChI is InChI=1S/C23H28Cl2N4O4/c1-13-20(26)23(12-33-13)7-9-28(10-8-23)21-15(11-18(30)32-3)22(31)29(14(2)27-21)17-6-4-5-16(24)19(17)25/h4-6,13,20H,7-12,26H2,1-3H3/t13-,20+/m0/s1. The summed E-state index contributed by atoms with van der Waals surface area (Å²) in [5, 5.41) is 0.567. The maximum Gasteiger partial charge on any atom is 0.310 e. The Morgan fingerprint density at radius 1 is 1.33 bits per heavy atom. The number of ether oxygens (including phenoxy) is 2. The van der Waals surface area contributed by atoms with Gasteiger partial charge in [0.15, 0.2) is 0 Å². The zero-order chi connectivity index (χ0) is 23.9. The minimum absolute atomic E-state index is 0.0261. The van der Waals surface area contributed by atoms with Crippen LogP contribution >= 0.6 is 23.2 Å². The Hall–Kier alpha value is -2.13. The van der Waals surface area contributed by atoms with Crippen LogP contribution in [0.25, 0.3) is 5.69 Å². The van der Waals surface area contributed by atoms with Gasteiger partial charge in [-0.3, -0.25) is 14.2 Å². The van der Waals surface area contributed by atoms with E-state index in [1.165, 1.54) is 11.7 Å². The minimum atomic E-state index is -0.517. The number of aromatic nitrogens is 2. The molecule has 0 unspecified atom stereocenters. The SMILES string of the molecule is COC(=O)Cc1c(N2CCC3(CC2)CO[C@@H](C)[C@H]3N)nc(C)n(-c2cccc(Cl)c2Cl)c1=O. The third-order valence-corrected chi connectivity index (χ3v) is 7.76. The zero-order valence-electron chi connectivity index (χ0n) is 18.9. The number of esters is 1. The van der Waals surface area contributed by atoms with Crippen molar-refractivity contribution in [2.45, 2.75) is 45.3 Å². The lowest BCUT2D eigenvalue weighted by Gasteiger charge is -2.42. The molecule has 0 aliphatic carbocycles. The lowest BCUT2D eigenvalue weighted by Crippen LogP contribution is -2.51. The van der Waals surface area contributed by atoms with Crippen LogP contribution in [0.4, 0.5) is 5.82 Å². The minimum Gasteiger partial charge on any atom is -0.469 e. The first kappa shape index (κ1) is 24.0. The Morgan fingerprint density at radius 2 is 2.03 bits per heavy atom. The monoisotopic (exact) mass is 494 g/mol. The van der Waals surface area contributed by atoms with E-state index in [0.29, 0.717) is 42.0 Å². The average molecular weight is 495 g/mol. The van der Waals surface area contributed by atoms with Crippen LogP contribution in [0.15, 0.2) is 23.0 Å². The fourth-order valence-electron chi connectivity index (χ4n) is 4.87. The van der Waals surface area contributed by atoms with E-state index in [4.69, 9.17) is 43.4 Å². The summed E-state index contributed by atoms with van der Waals surface area (Å²) in [6, 6.07) is 5.02. The molecule has 0 amide bonds. The van der Waals surface area contributed by atoms with Crippen LogP contribution in [0.3, 0.4) is 0 Å². The number of halogens is 2. The number of benzene rings is 1. The van der Waals surface area contributed by atoms with Crippen LogP contribution in [0.2, 0.25) is 10.0 Å². The number of carbonyl (C=O) groups is 1. The van der Waals surface area contributed by atoms with Crippen LogP contribution in [0.1, 0.15) is 31.2 Å². The van der Waals surface area contributed by atoms with Crippen molar-refractivity contribution >= 4 is 35.0 Å². The Balaban J connectivity index is 1.75. The van der Waals surface area contributed by atoms with Crippen molar-refractivity contribution in [1.29, 1.82) is 0 Å². The molecule has 1 spiro atoms. The third kappa shape index (κ3) is 4.25. The summed E-state index contributed by atoms with van der Waals surface area (Å²) in [6.45, 7) is 5.70. The molecular weight excluding hydrogens is 467 g/mol. The summed E-state index contributed by atoms with van der Waals surface area (Å²) in [6.07, 6.45) is 1.47. The van der Waals surface area contributed by atoms with Gasteiger partial charge in [0.05, 0.1) is 47.5 Å². The van der Waals surface area contributed by atoms with E-state index in [1.54, 1.807) is 25.1 Å². The molecule has 1 aromatic carbocycles. The van der Waals surface area contributed by atoms with E-state index in [1.807, 2.05) is 6.92 Å². The van der Waals surface area contributed by atoms with Gasteiger partial charge >= 0.3 is 5.97 Å². The van der Waals surface area contributed by atoms with Gasteiger partial charge in [0.1, 0.15) is 11.6 Å². The number of aryl methyl sites for hydroxylation is 1. The van der Waals surface area contributed by atoms with Crippen molar-refractivity contribution in [3.8, 4) is 5.69 Å². The second-order valence-corrected chi connectivity index (χ2v) is 9.60. The summed E-state index contributed by atoms with van der Waals surface area (Å²) < 4.78 is 12.1.